The summed E-state index contributed by atoms with van der Waals surface area (Å²) in [4.78, 5) is 16.7. The fourth-order valence-corrected chi connectivity index (χ4v) is 3.17. The summed E-state index contributed by atoms with van der Waals surface area (Å²) < 4.78 is 7.45. The van der Waals surface area contributed by atoms with E-state index in [1.807, 2.05) is 59.3 Å². The van der Waals surface area contributed by atoms with Gasteiger partial charge in [-0.3, -0.25) is 4.79 Å². The zero-order chi connectivity index (χ0) is 21.3. The molecule has 3 rings (SSSR count). The molecule has 156 valence electrons. The van der Waals surface area contributed by atoms with E-state index in [2.05, 4.69) is 17.2 Å². The number of hydrogen-bond donors (Lipinski definition) is 2. The summed E-state index contributed by atoms with van der Waals surface area (Å²) in [5.41, 5.74) is 3.79. The van der Waals surface area contributed by atoms with Crippen LogP contribution in [0.1, 0.15) is 23.7 Å². The first-order valence-electron chi connectivity index (χ1n) is 9.97. The van der Waals surface area contributed by atoms with Gasteiger partial charge in [-0.2, -0.15) is 0 Å². The molecule has 1 amide bonds. The molecule has 1 atom stereocenters. The van der Waals surface area contributed by atoms with Crippen LogP contribution < -0.4 is 10.1 Å². The van der Waals surface area contributed by atoms with Crippen molar-refractivity contribution in [3.8, 4) is 11.4 Å². The lowest BCUT2D eigenvalue weighted by Crippen LogP contribution is -2.38. The van der Waals surface area contributed by atoms with Gasteiger partial charge in [0.2, 0.25) is 5.91 Å². The van der Waals surface area contributed by atoms with Crippen molar-refractivity contribution in [3.05, 3.63) is 84.0 Å². The molecule has 2 aromatic carbocycles. The lowest BCUT2D eigenvalue weighted by molar-refractivity contribution is -0.117. The van der Waals surface area contributed by atoms with Gasteiger partial charge in [0.25, 0.3) is 0 Å². The van der Waals surface area contributed by atoms with Crippen molar-refractivity contribution in [2.24, 2.45) is 0 Å². The molecule has 0 fully saturated rings. The Morgan fingerprint density at radius 1 is 1.27 bits per heavy atom. The largest absolute Gasteiger partial charge is 0.495 e. The highest BCUT2D eigenvalue weighted by atomic mass is 16.5. The Hall–Kier alpha value is -3.38. The molecular formula is C24H27N3O3. The molecule has 0 spiro atoms. The van der Waals surface area contributed by atoms with Crippen LogP contribution in [0.5, 0.6) is 5.75 Å². The SMILES string of the molecule is CCc1cn(-c2ccc(C=CC(=O)N[C@@H](CO)Cc3ccccc3)cc2OC)cn1. The van der Waals surface area contributed by atoms with Crippen LogP contribution in [0.3, 0.4) is 0 Å². The van der Waals surface area contributed by atoms with Crippen molar-refractivity contribution in [1.29, 1.82) is 0 Å². The molecule has 0 aliphatic carbocycles. The van der Waals surface area contributed by atoms with Gasteiger partial charge in [0.1, 0.15) is 5.75 Å². The molecule has 0 bridgehead atoms. The van der Waals surface area contributed by atoms with E-state index >= 15 is 0 Å². The van der Waals surface area contributed by atoms with E-state index in [9.17, 15) is 9.90 Å². The summed E-state index contributed by atoms with van der Waals surface area (Å²) in [6, 6.07) is 15.2. The normalized spacial score (nSPS) is 12.1. The number of ether oxygens (including phenoxy) is 1. The monoisotopic (exact) mass is 405 g/mol. The average Bonchev–Trinajstić information content (AvgIpc) is 3.27. The molecule has 0 aliphatic rings. The van der Waals surface area contributed by atoms with Crippen LogP contribution in [-0.4, -0.2) is 40.3 Å². The van der Waals surface area contributed by atoms with Crippen LogP contribution in [0.15, 0.2) is 67.1 Å². The zero-order valence-corrected chi connectivity index (χ0v) is 17.3. The number of aliphatic hydroxyl groups is 1. The van der Waals surface area contributed by atoms with Gasteiger partial charge in [-0.05, 0) is 42.2 Å². The average molecular weight is 405 g/mol. The number of aromatic nitrogens is 2. The van der Waals surface area contributed by atoms with E-state index in [0.29, 0.717) is 12.2 Å². The van der Waals surface area contributed by atoms with Crippen molar-refractivity contribution in [3.63, 3.8) is 0 Å². The first-order valence-corrected chi connectivity index (χ1v) is 9.97. The number of hydrogen-bond acceptors (Lipinski definition) is 4. The Morgan fingerprint density at radius 2 is 2.07 bits per heavy atom. The van der Waals surface area contributed by atoms with Gasteiger partial charge < -0.3 is 19.7 Å². The second kappa shape index (κ2) is 10.4. The Bertz CT molecular complexity index is 996. The quantitative estimate of drug-likeness (QED) is 0.536. The molecular weight excluding hydrogens is 378 g/mol. The molecule has 6 nitrogen and oxygen atoms in total. The Morgan fingerprint density at radius 3 is 2.73 bits per heavy atom. The number of carbonyl (C=O) groups is 1. The lowest BCUT2D eigenvalue weighted by atomic mass is 10.1. The van der Waals surface area contributed by atoms with Gasteiger partial charge in [-0.1, -0.05) is 43.3 Å². The van der Waals surface area contributed by atoms with Crippen LogP contribution >= 0.6 is 0 Å². The number of imidazole rings is 1. The van der Waals surface area contributed by atoms with Crippen molar-refractivity contribution < 1.29 is 14.6 Å². The first-order chi connectivity index (χ1) is 14.6. The fraction of sp³-hybridized carbons (Fsp3) is 0.250. The zero-order valence-electron chi connectivity index (χ0n) is 17.3. The van der Waals surface area contributed by atoms with Gasteiger partial charge in [0.05, 0.1) is 37.5 Å². The molecule has 2 N–H and O–H groups in total. The third kappa shape index (κ3) is 5.58. The minimum absolute atomic E-state index is 0.123. The molecule has 0 radical (unpaired) electrons. The number of methoxy groups -OCH3 is 1. The number of amides is 1. The summed E-state index contributed by atoms with van der Waals surface area (Å²) in [6.07, 6.45) is 8.37. The van der Waals surface area contributed by atoms with Crippen molar-refractivity contribution in [2.45, 2.75) is 25.8 Å². The van der Waals surface area contributed by atoms with Gasteiger partial charge >= 0.3 is 0 Å². The fourth-order valence-electron chi connectivity index (χ4n) is 3.17. The highest BCUT2D eigenvalue weighted by Gasteiger charge is 2.11. The van der Waals surface area contributed by atoms with E-state index in [-0.39, 0.29) is 18.6 Å². The molecule has 1 heterocycles. The minimum Gasteiger partial charge on any atom is -0.495 e. The summed E-state index contributed by atoms with van der Waals surface area (Å²) in [5.74, 6) is 0.435. The number of rotatable bonds is 9. The predicted molar refractivity (Wildman–Crippen MR) is 118 cm³/mol. The van der Waals surface area contributed by atoms with E-state index in [4.69, 9.17) is 4.74 Å². The predicted octanol–water partition coefficient (Wildman–Crippen LogP) is 3.18. The van der Waals surface area contributed by atoms with Gasteiger partial charge in [-0.15, -0.1) is 0 Å². The second-order valence-electron chi connectivity index (χ2n) is 6.97. The number of benzene rings is 2. The molecule has 3 aromatic rings. The highest BCUT2D eigenvalue weighted by molar-refractivity contribution is 5.92. The van der Waals surface area contributed by atoms with Crippen molar-refractivity contribution in [1.82, 2.24) is 14.9 Å². The van der Waals surface area contributed by atoms with Gasteiger partial charge in [-0.25, -0.2) is 4.98 Å². The number of carbonyl (C=O) groups excluding carboxylic acids is 1. The Balaban J connectivity index is 1.66. The van der Waals surface area contributed by atoms with Crippen LogP contribution in [0.4, 0.5) is 0 Å². The van der Waals surface area contributed by atoms with E-state index < -0.39 is 0 Å². The van der Waals surface area contributed by atoms with Crippen LogP contribution in [0, 0.1) is 0 Å². The molecule has 30 heavy (non-hydrogen) atoms. The lowest BCUT2D eigenvalue weighted by Gasteiger charge is -2.15. The van der Waals surface area contributed by atoms with Crippen LogP contribution in [-0.2, 0) is 17.6 Å². The molecule has 0 unspecified atom stereocenters. The molecule has 0 aliphatic heterocycles. The Labute approximate surface area is 176 Å². The molecule has 0 saturated carbocycles. The summed E-state index contributed by atoms with van der Waals surface area (Å²) in [5, 5.41) is 12.4. The minimum atomic E-state index is -0.338. The smallest absolute Gasteiger partial charge is 0.244 e. The van der Waals surface area contributed by atoms with Crippen molar-refractivity contribution >= 4 is 12.0 Å². The highest BCUT2D eigenvalue weighted by Crippen LogP contribution is 2.25. The maximum atomic E-state index is 12.3. The summed E-state index contributed by atoms with van der Waals surface area (Å²) in [6.45, 7) is 1.94. The standard InChI is InChI=1S/C24H27N3O3/c1-3-20-15-27(17-25-20)22-11-9-19(14-23(22)30-2)10-12-24(29)26-21(16-28)13-18-7-5-4-6-8-18/h4-12,14-15,17,21,28H,3,13,16H2,1-2H3,(H,26,29)/t21-/m1/s1. The van der Waals surface area contributed by atoms with Gasteiger partial charge in [0.15, 0.2) is 0 Å². The third-order valence-corrected chi connectivity index (χ3v) is 4.80. The third-order valence-electron chi connectivity index (χ3n) is 4.80. The summed E-state index contributed by atoms with van der Waals surface area (Å²) in [7, 11) is 1.62. The van der Waals surface area contributed by atoms with E-state index in [0.717, 1.165) is 28.9 Å². The number of aliphatic hydroxyl groups excluding tert-OH is 1. The number of nitrogens with zero attached hydrogens (tertiary/aromatic N) is 2. The number of nitrogens with one attached hydrogen (secondary N) is 1. The first kappa shape index (κ1) is 21.3. The molecule has 1 aromatic heterocycles. The summed E-state index contributed by atoms with van der Waals surface area (Å²) >= 11 is 0. The van der Waals surface area contributed by atoms with Crippen LogP contribution in [0.25, 0.3) is 11.8 Å². The topological polar surface area (TPSA) is 76.4 Å². The van der Waals surface area contributed by atoms with Crippen molar-refractivity contribution in [2.75, 3.05) is 13.7 Å². The number of aryl methyl sites for hydroxylation is 1. The van der Waals surface area contributed by atoms with E-state index in [1.165, 1.54) is 6.08 Å². The molecule has 6 heteroatoms. The van der Waals surface area contributed by atoms with Crippen LogP contribution in [0.2, 0.25) is 0 Å². The van der Waals surface area contributed by atoms with E-state index in [1.54, 1.807) is 19.5 Å². The Kier molecular flexibility index (Phi) is 7.40. The maximum Gasteiger partial charge on any atom is 0.244 e. The second-order valence-corrected chi connectivity index (χ2v) is 6.97. The van der Waals surface area contributed by atoms with Gasteiger partial charge in [0, 0.05) is 12.3 Å². The maximum absolute atomic E-state index is 12.3. The molecule has 0 saturated heterocycles.